The van der Waals surface area contributed by atoms with Crippen LogP contribution in [0.5, 0.6) is 0 Å². The first-order valence-corrected chi connectivity index (χ1v) is 10.6. The minimum absolute atomic E-state index is 0.0365. The lowest BCUT2D eigenvalue weighted by molar-refractivity contribution is 0.129. The molecule has 132 valence electrons. The largest absolute Gasteiger partial charge is 0.358 e. The summed E-state index contributed by atoms with van der Waals surface area (Å²) in [5, 5.41) is 0.0365. The van der Waals surface area contributed by atoms with E-state index >= 15 is 0 Å². The predicted octanol–water partition coefficient (Wildman–Crippen LogP) is 4.35. The van der Waals surface area contributed by atoms with Crippen molar-refractivity contribution in [1.82, 2.24) is 0 Å². The zero-order valence-electron chi connectivity index (χ0n) is 13.8. The molecule has 1 aromatic rings. The van der Waals surface area contributed by atoms with E-state index in [9.17, 15) is 13.0 Å². The molecule has 0 fully saturated rings. The third kappa shape index (κ3) is 6.18. The fourth-order valence-electron chi connectivity index (χ4n) is 1.85. The highest BCUT2D eigenvalue weighted by Crippen LogP contribution is 2.51. The highest BCUT2D eigenvalue weighted by molar-refractivity contribution is 7.87. The Morgan fingerprint density at radius 2 is 1.65 bits per heavy atom. The second-order valence-corrected chi connectivity index (χ2v) is 9.37. The van der Waals surface area contributed by atoms with Crippen LogP contribution in [0.1, 0.15) is 33.3 Å². The van der Waals surface area contributed by atoms with Crippen LogP contribution in [0.4, 0.5) is 0 Å². The molecule has 0 saturated heterocycles. The zero-order chi connectivity index (χ0) is 17.8. The first-order chi connectivity index (χ1) is 10.5. The SMILES string of the molecule is Cc1cccc(Cl)c1S(=O)(=O)OCP(=O)(OC(C)C)OC(C)C. The molecule has 0 aliphatic carbocycles. The van der Waals surface area contributed by atoms with Gasteiger partial charge < -0.3 is 9.05 Å². The van der Waals surface area contributed by atoms with Crippen molar-refractivity contribution in [3.63, 3.8) is 0 Å². The van der Waals surface area contributed by atoms with E-state index < -0.39 is 36.3 Å². The summed E-state index contributed by atoms with van der Waals surface area (Å²) < 4.78 is 52.7. The van der Waals surface area contributed by atoms with Gasteiger partial charge in [0, 0.05) is 0 Å². The Morgan fingerprint density at radius 1 is 1.13 bits per heavy atom. The van der Waals surface area contributed by atoms with Gasteiger partial charge in [0.05, 0.1) is 17.2 Å². The molecule has 0 aliphatic heterocycles. The smallest absolute Gasteiger partial charge is 0.304 e. The van der Waals surface area contributed by atoms with Crippen LogP contribution in [0.2, 0.25) is 5.02 Å². The quantitative estimate of drug-likeness (QED) is 0.489. The van der Waals surface area contributed by atoms with E-state index in [1.165, 1.54) is 6.07 Å². The van der Waals surface area contributed by atoms with Crippen molar-refractivity contribution in [2.24, 2.45) is 0 Å². The van der Waals surface area contributed by atoms with Gasteiger partial charge in [-0.1, -0.05) is 23.7 Å². The third-order valence-corrected chi connectivity index (χ3v) is 6.53. The van der Waals surface area contributed by atoms with Gasteiger partial charge in [-0.25, -0.2) is 0 Å². The fourth-order valence-corrected chi connectivity index (χ4v) is 5.77. The standard InChI is InChI=1S/C14H22ClO6PS/c1-10(2)20-22(16,21-11(3)4)9-19-23(17,18)14-12(5)7-6-8-13(14)15/h6-8,10-11H,9H2,1-5H3. The van der Waals surface area contributed by atoms with Gasteiger partial charge in [-0.3, -0.25) is 8.75 Å². The molecule has 1 rings (SSSR count). The maximum atomic E-state index is 12.6. The van der Waals surface area contributed by atoms with Crippen molar-refractivity contribution in [3.05, 3.63) is 28.8 Å². The summed E-state index contributed by atoms with van der Waals surface area (Å²) >= 11 is 5.94. The minimum atomic E-state index is -4.19. The van der Waals surface area contributed by atoms with Crippen molar-refractivity contribution < 1.29 is 26.2 Å². The molecular weight excluding hydrogens is 363 g/mol. The Bertz CT molecular complexity index is 652. The Morgan fingerprint density at radius 3 is 2.09 bits per heavy atom. The molecule has 0 unspecified atom stereocenters. The summed E-state index contributed by atoms with van der Waals surface area (Å²) in [4.78, 5) is -0.151. The highest BCUT2D eigenvalue weighted by Gasteiger charge is 2.32. The number of benzene rings is 1. The molecule has 0 atom stereocenters. The van der Waals surface area contributed by atoms with Crippen molar-refractivity contribution >= 4 is 29.3 Å². The highest BCUT2D eigenvalue weighted by atomic mass is 35.5. The van der Waals surface area contributed by atoms with Gasteiger partial charge in [0.25, 0.3) is 10.1 Å². The lowest BCUT2D eigenvalue weighted by Gasteiger charge is -2.22. The summed E-state index contributed by atoms with van der Waals surface area (Å²) in [6.45, 7) is 8.27. The number of rotatable bonds is 8. The Kier molecular flexibility index (Phi) is 7.26. The maximum Gasteiger partial charge on any atom is 0.358 e. The zero-order valence-corrected chi connectivity index (χ0v) is 16.2. The van der Waals surface area contributed by atoms with Gasteiger partial charge in [-0.05, 0) is 46.2 Å². The van der Waals surface area contributed by atoms with E-state index in [1.807, 2.05) is 0 Å². The molecule has 1 aromatic carbocycles. The van der Waals surface area contributed by atoms with Crippen molar-refractivity contribution in [2.75, 3.05) is 6.35 Å². The van der Waals surface area contributed by atoms with E-state index in [0.717, 1.165) is 0 Å². The monoisotopic (exact) mass is 384 g/mol. The molecule has 0 saturated carbocycles. The molecule has 0 spiro atoms. The van der Waals surface area contributed by atoms with Crippen LogP contribution in [-0.4, -0.2) is 27.0 Å². The molecule has 9 heteroatoms. The first-order valence-electron chi connectivity index (χ1n) is 7.07. The van der Waals surface area contributed by atoms with E-state index in [2.05, 4.69) is 0 Å². The lowest BCUT2D eigenvalue weighted by atomic mass is 10.2. The average Bonchev–Trinajstić information content (AvgIpc) is 2.34. The molecule has 0 radical (unpaired) electrons. The van der Waals surface area contributed by atoms with Crippen LogP contribution in [0.25, 0.3) is 0 Å². The number of hydrogen-bond acceptors (Lipinski definition) is 6. The molecule has 0 bridgehead atoms. The van der Waals surface area contributed by atoms with Gasteiger partial charge in [0.2, 0.25) is 0 Å². The summed E-state index contributed by atoms with van der Waals surface area (Å²) in [5.74, 6) is 0. The van der Waals surface area contributed by atoms with Crippen LogP contribution < -0.4 is 0 Å². The Labute approximate surface area is 142 Å². The lowest BCUT2D eigenvalue weighted by Crippen LogP contribution is -2.15. The van der Waals surface area contributed by atoms with E-state index in [0.29, 0.717) is 5.56 Å². The van der Waals surface area contributed by atoms with Crippen LogP contribution in [0, 0.1) is 6.92 Å². The Hall–Kier alpha value is -0.430. The van der Waals surface area contributed by atoms with Crippen LogP contribution in [-0.2, 0) is 27.9 Å². The topological polar surface area (TPSA) is 78.9 Å². The molecule has 6 nitrogen and oxygen atoms in total. The van der Waals surface area contributed by atoms with Crippen LogP contribution in [0.15, 0.2) is 23.1 Å². The van der Waals surface area contributed by atoms with Crippen LogP contribution >= 0.6 is 19.2 Å². The normalized spacial score (nSPS) is 13.0. The van der Waals surface area contributed by atoms with Gasteiger partial charge in [0.15, 0.2) is 6.35 Å². The van der Waals surface area contributed by atoms with E-state index in [4.69, 9.17) is 24.8 Å². The van der Waals surface area contributed by atoms with Gasteiger partial charge in [0.1, 0.15) is 4.90 Å². The molecule has 0 amide bonds. The molecule has 23 heavy (non-hydrogen) atoms. The van der Waals surface area contributed by atoms with Gasteiger partial charge >= 0.3 is 7.60 Å². The number of hydrogen-bond donors (Lipinski definition) is 0. The molecular formula is C14H22ClO6PS. The van der Waals surface area contributed by atoms with E-state index in [1.54, 1.807) is 46.8 Å². The predicted molar refractivity (Wildman–Crippen MR) is 89.4 cm³/mol. The minimum Gasteiger partial charge on any atom is -0.304 e. The van der Waals surface area contributed by atoms with Gasteiger partial charge in [-0.2, -0.15) is 8.42 Å². The van der Waals surface area contributed by atoms with E-state index in [-0.39, 0.29) is 9.92 Å². The number of halogens is 1. The second-order valence-electron chi connectivity index (χ2n) is 5.51. The van der Waals surface area contributed by atoms with Crippen LogP contribution in [0.3, 0.4) is 0 Å². The van der Waals surface area contributed by atoms with Crippen molar-refractivity contribution in [3.8, 4) is 0 Å². The van der Waals surface area contributed by atoms with Crippen molar-refractivity contribution in [2.45, 2.75) is 51.7 Å². The summed E-state index contributed by atoms with van der Waals surface area (Å²) in [6.07, 6.45) is -1.53. The third-order valence-electron chi connectivity index (χ3n) is 2.52. The molecule has 0 aliphatic rings. The second kappa shape index (κ2) is 8.10. The van der Waals surface area contributed by atoms with Gasteiger partial charge in [-0.15, -0.1) is 0 Å². The maximum absolute atomic E-state index is 12.6. The summed E-state index contributed by atoms with van der Waals surface area (Å²) in [6, 6.07) is 4.67. The summed E-state index contributed by atoms with van der Waals surface area (Å²) in [7, 11) is -7.91. The number of aryl methyl sites for hydroxylation is 1. The van der Waals surface area contributed by atoms with Crippen molar-refractivity contribution in [1.29, 1.82) is 0 Å². The first kappa shape index (κ1) is 20.6. The molecule has 0 aromatic heterocycles. The average molecular weight is 385 g/mol. The molecule has 0 N–H and O–H groups in total. The summed E-state index contributed by atoms with van der Waals surface area (Å²) in [5.41, 5.74) is 0.432. The Balaban J connectivity index is 3.02. The fraction of sp³-hybridized carbons (Fsp3) is 0.571. The molecule has 0 heterocycles.